The largest absolute Gasteiger partial charge is 0.365 e. The maximum atomic E-state index is 11.5. The summed E-state index contributed by atoms with van der Waals surface area (Å²) in [6.07, 6.45) is 0. The standard InChI is InChI=1S/C14H15N3OS2/c1-8-9(2)20-13(11(8)12(15)18)17-14(19)16-10-6-4-3-5-7-10/h3-7H,1-2H3,(H2,15,18)(H2,16,17,19). The van der Waals surface area contributed by atoms with Gasteiger partial charge in [-0.2, -0.15) is 0 Å². The SMILES string of the molecule is Cc1sc(NC(=S)Nc2ccccc2)c(C(N)=O)c1C. The Morgan fingerprint density at radius 3 is 2.45 bits per heavy atom. The van der Waals surface area contributed by atoms with Gasteiger partial charge in [0.05, 0.1) is 5.56 Å². The first-order valence-electron chi connectivity index (χ1n) is 6.02. The van der Waals surface area contributed by atoms with Crippen molar-refractivity contribution in [1.82, 2.24) is 0 Å². The number of para-hydroxylation sites is 1. The van der Waals surface area contributed by atoms with Crippen LogP contribution in [0.1, 0.15) is 20.8 Å². The molecule has 0 aliphatic rings. The summed E-state index contributed by atoms with van der Waals surface area (Å²) >= 11 is 6.72. The molecule has 0 bridgehead atoms. The molecule has 104 valence electrons. The predicted octanol–water partition coefficient (Wildman–Crippen LogP) is 3.27. The zero-order valence-corrected chi connectivity index (χ0v) is 12.8. The highest BCUT2D eigenvalue weighted by Crippen LogP contribution is 2.32. The number of aryl methyl sites for hydroxylation is 1. The molecule has 0 aliphatic heterocycles. The highest BCUT2D eigenvalue weighted by atomic mass is 32.1. The number of carbonyl (C=O) groups excluding carboxylic acids is 1. The third kappa shape index (κ3) is 3.15. The molecule has 1 heterocycles. The van der Waals surface area contributed by atoms with Crippen LogP contribution in [-0.4, -0.2) is 11.0 Å². The van der Waals surface area contributed by atoms with Crippen molar-refractivity contribution in [2.75, 3.05) is 10.6 Å². The second-order valence-corrected chi connectivity index (χ2v) is 5.93. The Kier molecular flexibility index (Phi) is 4.36. The van der Waals surface area contributed by atoms with Crippen LogP contribution >= 0.6 is 23.6 Å². The summed E-state index contributed by atoms with van der Waals surface area (Å²) in [5.74, 6) is -0.447. The Labute approximate surface area is 127 Å². The summed E-state index contributed by atoms with van der Waals surface area (Å²) in [7, 11) is 0. The number of rotatable bonds is 3. The lowest BCUT2D eigenvalue weighted by Gasteiger charge is -2.10. The van der Waals surface area contributed by atoms with E-state index in [2.05, 4.69) is 10.6 Å². The molecule has 0 atom stereocenters. The fraction of sp³-hybridized carbons (Fsp3) is 0.143. The molecule has 4 nitrogen and oxygen atoms in total. The number of primary amides is 1. The Morgan fingerprint density at radius 2 is 1.85 bits per heavy atom. The number of thiocarbonyl (C=S) groups is 1. The monoisotopic (exact) mass is 305 g/mol. The minimum Gasteiger partial charge on any atom is -0.365 e. The lowest BCUT2D eigenvalue weighted by atomic mass is 10.1. The number of benzene rings is 1. The van der Waals surface area contributed by atoms with E-state index in [0.29, 0.717) is 15.7 Å². The van der Waals surface area contributed by atoms with E-state index in [4.69, 9.17) is 18.0 Å². The lowest BCUT2D eigenvalue weighted by molar-refractivity contribution is 0.100. The number of anilines is 2. The first-order valence-corrected chi connectivity index (χ1v) is 7.24. The molecule has 0 fully saturated rings. The molecule has 1 amide bonds. The molecule has 0 unspecified atom stereocenters. The molecular weight excluding hydrogens is 290 g/mol. The van der Waals surface area contributed by atoms with Crippen molar-refractivity contribution in [3.05, 3.63) is 46.3 Å². The van der Waals surface area contributed by atoms with Gasteiger partial charge in [0.15, 0.2) is 5.11 Å². The summed E-state index contributed by atoms with van der Waals surface area (Å²) in [4.78, 5) is 12.6. The minimum absolute atomic E-state index is 0.431. The molecule has 6 heteroatoms. The van der Waals surface area contributed by atoms with Crippen LogP contribution in [-0.2, 0) is 0 Å². The van der Waals surface area contributed by atoms with Gasteiger partial charge in [0.1, 0.15) is 5.00 Å². The van der Waals surface area contributed by atoms with Crippen LogP contribution in [0, 0.1) is 13.8 Å². The average molecular weight is 305 g/mol. The lowest BCUT2D eigenvalue weighted by Crippen LogP contribution is -2.21. The highest BCUT2D eigenvalue weighted by molar-refractivity contribution is 7.80. The van der Waals surface area contributed by atoms with Gasteiger partial charge in [-0.15, -0.1) is 11.3 Å². The molecule has 1 aromatic carbocycles. The summed E-state index contributed by atoms with van der Waals surface area (Å²) < 4.78 is 0. The molecule has 0 spiro atoms. The van der Waals surface area contributed by atoms with E-state index in [9.17, 15) is 4.79 Å². The second-order valence-electron chi connectivity index (χ2n) is 4.30. The van der Waals surface area contributed by atoms with Gasteiger partial charge in [-0.25, -0.2) is 0 Å². The van der Waals surface area contributed by atoms with Gasteiger partial charge < -0.3 is 16.4 Å². The van der Waals surface area contributed by atoms with Gasteiger partial charge in [0, 0.05) is 10.6 Å². The van der Waals surface area contributed by atoms with Crippen molar-refractivity contribution in [2.45, 2.75) is 13.8 Å². The molecule has 4 N–H and O–H groups in total. The molecule has 2 rings (SSSR count). The van der Waals surface area contributed by atoms with Crippen LogP contribution in [0.5, 0.6) is 0 Å². The van der Waals surface area contributed by atoms with Crippen molar-refractivity contribution in [2.24, 2.45) is 5.73 Å². The quantitative estimate of drug-likeness (QED) is 0.761. The smallest absolute Gasteiger partial charge is 0.251 e. The van der Waals surface area contributed by atoms with Crippen LogP contribution in [0.4, 0.5) is 10.7 Å². The Morgan fingerprint density at radius 1 is 1.20 bits per heavy atom. The van der Waals surface area contributed by atoms with Gasteiger partial charge in [-0.1, -0.05) is 18.2 Å². The summed E-state index contributed by atoms with van der Waals surface area (Å²) in [5.41, 5.74) is 7.71. The van der Waals surface area contributed by atoms with E-state index >= 15 is 0 Å². The Hall–Kier alpha value is -1.92. The molecule has 20 heavy (non-hydrogen) atoms. The number of nitrogens with two attached hydrogens (primary N) is 1. The zero-order valence-electron chi connectivity index (χ0n) is 11.2. The van der Waals surface area contributed by atoms with E-state index in [0.717, 1.165) is 16.1 Å². The van der Waals surface area contributed by atoms with E-state index in [-0.39, 0.29) is 0 Å². The normalized spacial score (nSPS) is 10.1. The summed E-state index contributed by atoms with van der Waals surface area (Å²) in [6.45, 7) is 3.83. The number of thiophene rings is 1. The van der Waals surface area contributed by atoms with E-state index < -0.39 is 5.91 Å². The van der Waals surface area contributed by atoms with E-state index in [1.807, 2.05) is 44.2 Å². The molecule has 2 aromatic rings. The van der Waals surface area contributed by atoms with Crippen LogP contribution < -0.4 is 16.4 Å². The fourth-order valence-electron chi connectivity index (χ4n) is 1.80. The van der Waals surface area contributed by atoms with Crippen LogP contribution in [0.2, 0.25) is 0 Å². The first kappa shape index (κ1) is 14.5. The molecule has 1 aromatic heterocycles. The highest BCUT2D eigenvalue weighted by Gasteiger charge is 2.17. The molecule has 0 radical (unpaired) electrons. The van der Waals surface area contributed by atoms with Crippen molar-refractivity contribution in [1.29, 1.82) is 0 Å². The van der Waals surface area contributed by atoms with Gasteiger partial charge in [0.2, 0.25) is 0 Å². The van der Waals surface area contributed by atoms with Crippen molar-refractivity contribution >= 4 is 45.3 Å². The number of hydrogen-bond acceptors (Lipinski definition) is 3. The number of nitrogens with one attached hydrogen (secondary N) is 2. The van der Waals surface area contributed by atoms with Crippen LogP contribution in [0.3, 0.4) is 0 Å². The first-order chi connectivity index (χ1) is 9.49. The van der Waals surface area contributed by atoms with Gasteiger partial charge in [-0.3, -0.25) is 4.79 Å². The second kappa shape index (κ2) is 6.02. The summed E-state index contributed by atoms with van der Waals surface area (Å²) in [5, 5.41) is 7.21. The Bertz CT molecular complexity index is 650. The van der Waals surface area contributed by atoms with Crippen LogP contribution in [0.25, 0.3) is 0 Å². The van der Waals surface area contributed by atoms with Gasteiger partial charge in [-0.05, 0) is 43.8 Å². The van der Waals surface area contributed by atoms with Crippen molar-refractivity contribution in [3.63, 3.8) is 0 Å². The zero-order chi connectivity index (χ0) is 14.7. The predicted molar refractivity (Wildman–Crippen MR) is 88.6 cm³/mol. The molecule has 0 aliphatic carbocycles. The Balaban J connectivity index is 2.16. The third-order valence-electron chi connectivity index (χ3n) is 2.89. The van der Waals surface area contributed by atoms with E-state index in [1.165, 1.54) is 11.3 Å². The van der Waals surface area contributed by atoms with Gasteiger partial charge in [0.25, 0.3) is 5.91 Å². The molecule has 0 saturated heterocycles. The average Bonchev–Trinajstić information content (AvgIpc) is 2.65. The minimum atomic E-state index is -0.447. The maximum absolute atomic E-state index is 11.5. The van der Waals surface area contributed by atoms with Gasteiger partial charge >= 0.3 is 0 Å². The number of hydrogen-bond donors (Lipinski definition) is 3. The van der Waals surface area contributed by atoms with E-state index in [1.54, 1.807) is 0 Å². The summed E-state index contributed by atoms with van der Waals surface area (Å²) in [6, 6.07) is 9.58. The number of amides is 1. The fourth-order valence-corrected chi connectivity index (χ4v) is 3.15. The third-order valence-corrected chi connectivity index (χ3v) is 4.22. The molecule has 0 saturated carbocycles. The van der Waals surface area contributed by atoms with Crippen molar-refractivity contribution < 1.29 is 4.79 Å². The number of carbonyl (C=O) groups is 1. The maximum Gasteiger partial charge on any atom is 0.251 e. The molecular formula is C14H15N3OS2. The topological polar surface area (TPSA) is 67.2 Å². The van der Waals surface area contributed by atoms with Crippen molar-refractivity contribution in [3.8, 4) is 0 Å². The van der Waals surface area contributed by atoms with Crippen LogP contribution in [0.15, 0.2) is 30.3 Å².